The predicted molar refractivity (Wildman–Crippen MR) is 80.2 cm³/mol. The van der Waals surface area contributed by atoms with Gasteiger partial charge in [-0.25, -0.2) is 17.5 Å². The van der Waals surface area contributed by atoms with Crippen molar-refractivity contribution >= 4 is 21.4 Å². The van der Waals surface area contributed by atoms with Crippen LogP contribution in [0.4, 0.5) is 4.39 Å². The third-order valence-corrected chi connectivity index (χ3v) is 5.14. The smallest absolute Gasteiger partial charge is 0.240 e. The molecule has 21 heavy (non-hydrogen) atoms. The van der Waals surface area contributed by atoms with Crippen LogP contribution in [-0.4, -0.2) is 20.1 Å². The maximum atomic E-state index is 13.3. The maximum absolute atomic E-state index is 13.3. The molecule has 4 nitrogen and oxygen atoms in total. The van der Waals surface area contributed by atoms with E-state index < -0.39 is 21.4 Å². The van der Waals surface area contributed by atoms with E-state index in [1.807, 2.05) is 0 Å². The van der Waals surface area contributed by atoms with Gasteiger partial charge in [0.05, 0.1) is 4.90 Å². The van der Waals surface area contributed by atoms with Crippen LogP contribution in [-0.2, 0) is 15.6 Å². The molecule has 7 heteroatoms. The van der Waals surface area contributed by atoms with E-state index in [-0.39, 0.29) is 11.4 Å². The number of halogens is 1. The van der Waals surface area contributed by atoms with E-state index in [1.54, 1.807) is 23.8 Å². The largest absolute Gasteiger partial charge is 0.384 e. The van der Waals surface area contributed by atoms with Crippen molar-refractivity contribution in [3.05, 3.63) is 52.0 Å². The number of thiophene rings is 1. The SMILES string of the molecule is Cc1cc(F)cc(S(=O)(=O)NCC(C)(O)c2ccsc2)c1. The first-order valence-corrected chi connectivity index (χ1v) is 8.65. The molecular formula is C14H16FNO3S2. The fourth-order valence-electron chi connectivity index (χ4n) is 1.85. The fraction of sp³-hybridized carbons (Fsp3) is 0.286. The van der Waals surface area contributed by atoms with Crippen LogP contribution in [0.3, 0.4) is 0 Å². The van der Waals surface area contributed by atoms with Crippen LogP contribution in [0.2, 0.25) is 0 Å². The van der Waals surface area contributed by atoms with Gasteiger partial charge in [0.2, 0.25) is 10.0 Å². The predicted octanol–water partition coefficient (Wildman–Crippen LogP) is 2.38. The molecule has 0 aliphatic carbocycles. The molecular weight excluding hydrogens is 313 g/mol. The molecule has 1 heterocycles. The minimum absolute atomic E-state index is 0.152. The molecule has 2 N–H and O–H groups in total. The summed E-state index contributed by atoms with van der Waals surface area (Å²) in [6.45, 7) is 2.94. The normalized spacial score (nSPS) is 14.9. The molecule has 0 radical (unpaired) electrons. The number of benzene rings is 1. The van der Waals surface area contributed by atoms with Crippen molar-refractivity contribution < 1.29 is 17.9 Å². The highest BCUT2D eigenvalue weighted by Crippen LogP contribution is 2.23. The first-order valence-electron chi connectivity index (χ1n) is 6.23. The Kier molecular flexibility index (Phi) is 4.48. The van der Waals surface area contributed by atoms with Crippen LogP contribution in [0.15, 0.2) is 39.9 Å². The van der Waals surface area contributed by atoms with Crippen molar-refractivity contribution in [1.82, 2.24) is 4.72 Å². The Balaban J connectivity index is 2.18. The molecule has 0 spiro atoms. The summed E-state index contributed by atoms with van der Waals surface area (Å²) in [5, 5.41) is 13.9. The lowest BCUT2D eigenvalue weighted by molar-refractivity contribution is 0.0632. The lowest BCUT2D eigenvalue weighted by atomic mass is 10.0. The minimum Gasteiger partial charge on any atom is -0.384 e. The van der Waals surface area contributed by atoms with Gasteiger partial charge >= 0.3 is 0 Å². The lowest BCUT2D eigenvalue weighted by Crippen LogP contribution is -2.38. The van der Waals surface area contributed by atoms with Crippen LogP contribution in [0.5, 0.6) is 0 Å². The molecule has 0 fully saturated rings. The van der Waals surface area contributed by atoms with Crippen molar-refractivity contribution in [2.45, 2.75) is 24.3 Å². The van der Waals surface area contributed by atoms with Crippen molar-refractivity contribution in [2.24, 2.45) is 0 Å². The number of hydrogen-bond acceptors (Lipinski definition) is 4. The Morgan fingerprint density at radius 3 is 2.67 bits per heavy atom. The average molecular weight is 329 g/mol. The average Bonchev–Trinajstić information content (AvgIpc) is 2.90. The first-order chi connectivity index (χ1) is 9.71. The standard InChI is InChI=1S/C14H16FNO3S2/c1-10-5-12(15)7-13(6-10)21(18,19)16-9-14(2,17)11-3-4-20-8-11/h3-8,16-17H,9H2,1-2H3. The molecule has 0 saturated carbocycles. The molecule has 0 aliphatic heterocycles. The highest BCUT2D eigenvalue weighted by atomic mass is 32.2. The summed E-state index contributed by atoms with van der Waals surface area (Å²) >= 11 is 1.41. The Morgan fingerprint density at radius 1 is 1.38 bits per heavy atom. The molecule has 1 unspecified atom stereocenters. The highest BCUT2D eigenvalue weighted by Gasteiger charge is 2.26. The van der Waals surface area contributed by atoms with E-state index in [9.17, 15) is 17.9 Å². The van der Waals surface area contributed by atoms with Gasteiger partial charge in [0, 0.05) is 6.54 Å². The van der Waals surface area contributed by atoms with Gasteiger partial charge in [-0.15, -0.1) is 0 Å². The number of hydrogen-bond donors (Lipinski definition) is 2. The van der Waals surface area contributed by atoms with E-state index in [0.717, 1.165) is 6.07 Å². The summed E-state index contributed by atoms with van der Waals surface area (Å²) in [4.78, 5) is -0.152. The van der Waals surface area contributed by atoms with Gasteiger partial charge in [-0.1, -0.05) is 0 Å². The van der Waals surface area contributed by atoms with Crippen LogP contribution >= 0.6 is 11.3 Å². The molecule has 1 aromatic heterocycles. The van der Waals surface area contributed by atoms with E-state index in [4.69, 9.17) is 0 Å². The number of nitrogens with one attached hydrogen (secondary N) is 1. The Bertz CT molecular complexity index is 704. The quantitative estimate of drug-likeness (QED) is 0.885. The van der Waals surface area contributed by atoms with E-state index in [2.05, 4.69) is 4.72 Å². The zero-order valence-electron chi connectivity index (χ0n) is 11.6. The van der Waals surface area contributed by atoms with Crippen molar-refractivity contribution in [1.29, 1.82) is 0 Å². The number of sulfonamides is 1. The molecule has 2 aromatic rings. The van der Waals surface area contributed by atoms with Crippen LogP contribution in [0.25, 0.3) is 0 Å². The second kappa shape index (κ2) is 5.84. The second-order valence-electron chi connectivity index (χ2n) is 5.07. The maximum Gasteiger partial charge on any atom is 0.240 e. The summed E-state index contributed by atoms with van der Waals surface area (Å²) in [7, 11) is -3.88. The van der Waals surface area contributed by atoms with Gasteiger partial charge in [-0.2, -0.15) is 11.3 Å². The Morgan fingerprint density at radius 2 is 2.10 bits per heavy atom. The van der Waals surface area contributed by atoms with Crippen LogP contribution < -0.4 is 4.72 Å². The van der Waals surface area contributed by atoms with E-state index in [0.29, 0.717) is 11.1 Å². The van der Waals surface area contributed by atoms with Crippen molar-refractivity contribution in [3.63, 3.8) is 0 Å². The third-order valence-electron chi connectivity index (χ3n) is 3.08. The van der Waals surface area contributed by atoms with Crippen molar-refractivity contribution in [3.8, 4) is 0 Å². The second-order valence-corrected chi connectivity index (χ2v) is 7.62. The number of rotatable bonds is 5. The van der Waals surface area contributed by atoms with Gasteiger partial charge in [0.25, 0.3) is 0 Å². The molecule has 0 saturated heterocycles. The van der Waals surface area contributed by atoms with E-state index >= 15 is 0 Å². The molecule has 114 valence electrons. The summed E-state index contributed by atoms with van der Waals surface area (Å²) in [5.74, 6) is -0.611. The third kappa shape index (κ3) is 3.88. The molecule has 1 atom stereocenters. The Hall–Kier alpha value is -1.28. The van der Waals surface area contributed by atoms with Gasteiger partial charge in [0.15, 0.2) is 0 Å². The van der Waals surface area contributed by atoms with Crippen molar-refractivity contribution in [2.75, 3.05) is 6.54 Å². The van der Waals surface area contributed by atoms with Gasteiger partial charge in [-0.05, 0) is 60.0 Å². The minimum atomic E-state index is -3.88. The summed E-state index contributed by atoms with van der Waals surface area (Å²) in [6, 6.07) is 5.31. The van der Waals surface area contributed by atoms with E-state index in [1.165, 1.54) is 30.4 Å². The van der Waals surface area contributed by atoms with Gasteiger partial charge in [-0.3, -0.25) is 0 Å². The van der Waals surface area contributed by atoms with Crippen LogP contribution in [0, 0.1) is 12.7 Å². The fourth-order valence-corrected chi connectivity index (χ4v) is 3.88. The highest BCUT2D eigenvalue weighted by molar-refractivity contribution is 7.89. The molecule has 0 bridgehead atoms. The van der Waals surface area contributed by atoms with Gasteiger partial charge < -0.3 is 5.11 Å². The zero-order chi connectivity index (χ0) is 15.7. The summed E-state index contributed by atoms with van der Waals surface area (Å²) < 4.78 is 40.0. The summed E-state index contributed by atoms with van der Waals surface area (Å²) in [5.41, 5.74) is -0.180. The lowest BCUT2D eigenvalue weighted by Gasteiger charge is -2.22. The topological polar surface area (TPSA) is 66.4 Å². The Labute approximate surface area is 127 Å². The first kappa shape index (κ1) is 16.1. The van der Waals surface area contributed by atoms with Crippen LogP contribution in [0.1, 0.15) is 18.1 Å². The molecule has 2 rings (SSSR count). The molecule has 0 aliphatic rings. The molecule has 0 amide bonds. The zero-order valence-corrected chi connectivity index (χ0v) is 13.3. The number of aliphatic hydroxyl groups is 1. The van der Waals surface area contributed by atoms with Gasteiger partial charge in [0.1, 0.15) is 11.4 Å². The monoisotopic (exact) mass is 329 g/mol. The summed E-state index contributed by atoms with van der Waals surface area (Å²) in [6.07, 6.45) is 0. The number of aryl methyl sites for hydroxylation is 1. The molecule has 1 aromatic carbocycles.